The molecule has 0 atom stereocenters. The molecule has 1 heterocycles. The van der Waals surface area contributed by atoms with Crippen LogP contribution in [0.15, 0.2) is 30.5 Å². The number of nitrogens with two attached hydrogens (primary N) is 1. The highest BCUT2D eigenvalue weighted by molar-refractivity contribution is 6.32. The fraction of sp³-hybridized carbons (Fsp3) is 0.167. The van der Waals surface area contributed by atoms with Crippen LogP contribution in [0, 0.1) is 0 Å². The molecular formula is C12H14ClN5O. The van der Waals surface area contributed by atoms with Gasteiger partial charge in [0.2, 0.25) is 5.95 Å². The smallest absolute Gasteiger partial charge is 0.239 e. The average molecular weight is 280 g/mol. The van der Waals surface area contributed by atoms with E-state index in [0.29, 0.717) is 23.3 Å². The average Bonchev–Trinajstić information content (AvgIpc) is 2.46. The van der Waals surface area contributed by atoms with Crippen molar-refractivity contribution in [3.05, 3.63) is 41.0 Å². The maximum absolute atomic E-state index is 6.00. The highest BCUT2D eigenvalue weighted by atomic mass is 35.5. The Labute approximate surface area is 115 Å². The summed E-state index contributed by atoms with van der Waals surface area (Å²) in [5, 5.41) is 3.55. The lowest BCUT2D eigenvalue weighted by atomic mass is 10.2. The maximum atomic E-state index is 6.00. The second-order valence-electron chi connectivity index (χ2n) is 3.74. The van der Waals surface area contributed by atoms with Gasteiger partial charge in [0.1, 0.15) is 10.8 Å². The summed E-state index contributed by atoms with van der Waals surface area (Å²) >= 11 is 6.00. The van der Waals surface area contributed by atoms with Crippen molar-refractivity contribution in [2.75, 3.05) is 17.9 Å². The largest absolute Gasteiger partial charge is 0.497 e. The van der Waals surface area contributed by atoms with Gasteiger partial charge in [0.05, 0.1) is 13.3 Å². The van der Waals surface area contributed by atoms with Gasteiger partial charge in [-0.05, 0) is 17.7 Å². The quantitative estimate of drug-likeness (QED) is 0.574. The molecule has 0 saturated heterocycles. The number of aromatic nitrogens is 2. The summed E-state index contributed by atoms with van der Waals surface area (Å²) in [4.78, 5) is 8.03. The Morgan fingerprint density at radius 1 is 1.42 bits per heavy atom. The molecule has 0 radical (unpaired) electrons. The Hall–Kier alpha value is -2.05. The Balaban J connectivity index is 2.09. The van der Waals surface area contributed by atoms with Crippen molar-refractivity contribution in [1.29, 1.82) is 0 Å². The summed E-state index contributed by atoms with van der Waals surface area (Å²) < 4.78 is 5.16. The summed E-state index contributed by atoms with van der Waals surface area (Å²) in [6.45, 7) is 0.567. The van der Waals surface area contributed by atoms with Gasteiger partial charge in [0, 0.05) is 6.54 Å². The molecule has 100 valence electrons. The van der Waals surface area contributed by atoms with Gasteiger partial charge >= 0.3 is 0 Å². The molecule has 7 heteroatoms. The summed E-state index contributed by atoms with van der Waals surface area (Å²) in [7, 11) is 1.63. The molecule has 2 rings (SSSR count). The monoisotopic (exact) mass is 279 g/mol. The van der Waals surface area contributed by atoms with Crippen molar-refractivity contribution in [2.45, 2.75) is 6.54 Å². The minimum Gasteiger partial charge on any atom is -0.497 e. The van der Waals surface area contributed by atoms with E-state index in [2.05, 4.69) is 20.7 Å². The van der Waals surface area contributed by atoms with Crippen LogP contribution >= 0.6 is 11.6 Å². The van der Waals surface area contributed by atoms with Crippen molar-refractivity contribution < 1.29 is 4.74 Å². The van der Waals surface area contributed by atoms with Gasteiger partial charge in [-0.15, -0.1) is 0 Å². The van der Waals surface area contributed by atoms with Gasteiger partial charge in [0.15, 0.2) is 5.82 Å². The highest BCUT2D eigenvalue weighted by Crippen LogP contribution is 2.20. The zero-order chi connectivity index (χ0) is 13.7. The molecular weight excluding hydrogens is 266 g/mol. The second kappa shape index (κ2) is 6.21. The molecule has 0 aliphatic carbocycles. The SMILES string of the molecule is COc1cccc(CNc2nc(NN)ncc2Cl)c1. The zero-order valence-electron chi connectivity index (χ0n) is 10.4. The van der Waals surface area contributed by atoms with Gasteiger partial charge in [-0.25, -0.2) is 10.8 Å². The zero-order valence-corrected chi connectivity index (χ0v) is 11.1. The molecule has 1 aromatic heterocycles. The van der Waals surface area contributed by atoms with Crippen LogP contribution < -0.4 is 21.3 Å². The Morgan fingerprint density at radius 3 is 3.00 bits per heavy atom. The van der Waals surface area contributed by atoms with E-state index in [0.717, 1.165) is 11.3 Å². The van der Waals surface area contributed by atoms with Crippen LogP contribution in [-0.4, -0.2) is 17.1 Å². The first-order chi connectivity index (χ1) is 9.22. The number of ether oxygens (including phenoxy) is 1. The minimum atomic E-state index is 0.303. The summed E-state index contributed by atoms with van der Waals surface area (Å²) in [5.41, 5.74) is 3.42. The second-order valence-corrected chi connectivity index (χ2v) is 4.15. The van der Waals surface area contributed by atoms with Gasteiger partial charge in [-0.2, -0.15) is 4.98 Å². The molecule has 0 unspecified atom stereocenters. The van der Waals surface area contributed by atoms with E-state index < -0.39 is 0 Å². The molecule has 2 aromatic rings. The van der Waals surface area contributed by atoms with Crippen LogP contribution in [0.2, 0.25) is 5.02 Å². The number of hydrazine groups is 1. The van der Waals surface area contributed by atoms with Crippen molar-refractivity contribution in [1.82, 2.24) is 9.97 Å². The molecule has 0 aliphatic heterocycles. The van der Waals surface area contributed by atoms with Gasteiger partial charge < -0.3 is 10.1 Å². The van der Waals surface area contributed by atoms with E-state index in [1.54, 1.807) is 7.11 Å². The molecule has 0 fully saturated rings. The maximum Gasteiger partial charge on any atom is 0.239 e. The predicted molar refractivity (Wildman–Crippen MR) is 75.2 cm³/mol. The Morgan fingerprint density at radius 2 is 2.26 bits per heavy atom. The molecule has 0 bridgehead atoms. The van der Waals surface area contributed by atoms with Crippen molar-refractivity contribution >= 4 is 23.4 Å². The van der Waals surface area contributed by atoms with Crippen molar-refractivity contribution in [2.24, 2.45) is 5.84 Å². The minimum absolute atomic E-state index is 0.303. The molecule has 6 nitrogen and oxygen atoms in total. The van der Waals surface area contributed by atoms with Gasteiger partial charge in [0.25, 0.3) is 0 Å². The lowest BCUT2D eigenvalue weighted by Crippen LogP contribution is -2.12. The van der Waals surface area contributed by atoms with Gasteiger partial charge in [-0.3, -0.25) is 5.43 Å². The molecule has 19 heavy (non-hydrogen) atoms. The number of nitrogens with one attached hydrogen (secondary N) is 2. The predicted octanol–water partition coefficient (Wildman–Crippen LogP) is 2.04. The van der Waals surface area contributed by atoms with Gasteiger partial charge in [-0.1, -0.05) is 23.7 Å². The van der Waals surface area contributed by atoms with E-state index in [4.69, 9.17) is 22.2 Å². The molecule has 0 aliphatic rings. The third-order valence-electron chi connectivity index (χ3n) is 2.47. The van der Waals surface area contributed by atoms with E-state index in [-0.39, 0.29) is 0 Å². The van der Waals surface area contributed by atoms with Crippen LogP contribution in [0.4, 0.5) is 11.8 Å². The lowest BCUT2D eigenvalue weighted by molar-refractivity contribution is 0.414. The third-order valence-corrected chi connectivity index (χ3v) is 2.74. The lowest BCUT2D eigenvalue weighted by Gasteiger charge is -2.09. The van der Waals surface area contributed by atoms with Crippen LogP contribution in [0.5, 0.6) is 5.75 Å². The highest BCUT2D eigenvalue weighted by Gasteiger charge is 2.04. The van der Waals surface area contributed by atoms with Crippen LogP contribution in [0.3, 0.4) is 0 Å². The summed E-state index contributed by atoms with van der Waals surface area (Å²) in [6.07, 6.45) is 1.48. The fourth-order valence-corrected chi connectivity index (χ4v) is 1.69. The molecule has 4 N–H and O–H groups in total. The first kappa shape index (κ1) is 13.4. The van der Waals surface area contributed by atoms with Crippen molar-refractivity contribution in [3.8, 4) is 5.75 Å². The number of anilines is 2. The molecule has 0 spiro atoms. The fourth-order valence-electron chi connectivity index (χ4n) is 1.53. The van der Waals surface area contributed by atoms with Crippen molar-refractivity contribution in [3.63, 3.8) is 0 Å². The van der Waals surface area contributed by atoms with Crippen LogP contribution in [0.25, 0.3) is 0 Å². The molecule has 1 aromatic carbocycles. The van der Waals surface area contributed by atoms with E-state index >= 15 is 0 Å². The Kier molecular flexibility index (Phi) is 4.38. The number of nitrogen functional groups attached to an aromatic ring is 1. The number of nitrogens with zero attached hydrogens (tertiary/aromatic N) is 2. The van der Waals surface area contributed by atoms with E-state index in [1.165, 1.54) is 6.20 Å². The molecule has 0 amide bonds. The van der Waals surface area contributed by atoms with E-state index in [9.17, 15) is 0 Å². The standard InChI is InChI=1S/C12H14ClN5O/c1-19-9-4-2-3-8(5-9)6-15-11-10(13)7-16-12(17-11)18-14/h2-5,7H,6,14H2,1H3,(H2,15,16,17,18). The summed E-state index contributed by atoms with van der Waals surface area (Å²) in [6, 6.07) is 7.72. The first-order valence-electron chi connectivity index (χ1n) is 5.59. The van der Waals surface area contributed by atoms with Crippen LogP contribution in [-0.2, 0) is 6.54 Å². The number of rotatable bonds is 5. The summed E-state index contributed by atoms with van der Waals surface area (Å²) in [5.74, 6) is 6.88. The number of hydrogen-bond donors (Lipinski definition) is 3. The molecule has 0 saturated carbocycles. The Bertz CT molecular complexity index is 564. The van der Waals surface area contributed by atoms with Crippen LogP contribution in [0.1, 0.15) is 5.56 Å². The number of hydrogen-bond acceptors (Lipinski definition) is 6. The third kappa shape index (κ3) is 3.46. The first-order valence-corrected chi connectivity index (χ1v) is 5.96. The number of benzene rings is 1. The van der Waals surface area contributed by atoms with E-state index in [1.807, 2.05) is 24.3 Å². The number of halogens is 1. The topological polar surface area (TPSA) is 85.1 Å². The number of methoxy groups -OCH3 is 1. The normalized spacial score (nSPS) is 10.1.